The SMILES string of the molecule is Cl.O=C1Nc2ccc(Cl)c(Cl)c2N2CCNCC12. The average Bonchev–Trinajstić information content (AvgIpc) is 2.34. The van der Waals surface area contributed by atoms with E-state index >= 15 is 0 Å². The topological polar surface area (TPSA) is 44.4 Å². The summed E-state index contributed by atoms with van der Waals surface area (Å²) in [6, 6.07) is 3.29. The molecule has 1 saturated heterocycles. The summed E-state index contributed by atoms with van der Waals surface area (Å²) < 4.78 is 0. The number of rotatable bonds is 0. The van der Waals surface area contributed by atoms with Crippen LogP contribution in [0.1, 0.15) is 0 Å². The van der Waals surface area contributed by atoms with Crippen molar-refractivity contribution < 1.29 is 4.79 Å². The molecule has 1 unspecified atom stereocenters. The number of piperazine rings is 1. The first-order valence-electron chi connectivity index (χ1n) is 5.44. The third-order valence-corrected chi connectivity index (χ3v) is 3.95. The molecule has 4 nitrogen and oxygen atoms in total. The maximum absolute atomic E-state index is 11.9. The minimum absolute atomic E-state index is 0. The van der Waals surface area contributed by atoms with Crippen molar-refractivity contribution in [3.8, 4) is 0 Å². The van der Waals surface area contributed by atoms with Crippen LogP contribution in [0.25, 0.3) is 0 Å². The Kier molecular flexibility index (Phi) is 3.92. The fraction of sp³-hybridized carbons (Fsp3) is 0.364. The molecule has 1 fully saturated rings. The molecule has 98 valence electrons. The Hall–Kier alpha value is -0.680. The van der Waals surface area contributed by atoms with Crippen LogP contribution < -0.4 is 15.5 Å². The van der Waals surface area contributed by atoms with Gasteiger partial charge in [0.25, 0.3) is 0 Å². The van der Waals surface area contributed by atoms with Gasteiger partial charge in [0.15, 0.2) is 0 Å². The zero-order valence-corrected chi connectivity index (χ0v) is 11.7. The summed E-state index contributed by atoms with van der Waals surface area (Å²) in [7, 11) is 0. The molecule has 0 radical (unpaired) electrons. The molecule has 1 atom stereocenters. The van der Waals surface area contributed by atoms with Gasteiger partial charge < -0.3 is 15.5 Å². The van der Waals surface area contributed by atoms with E-state index in [-0.39, 0.29) is 24.4 Å². The summed E-state index contributed by atoms with van der Waals surface area (Å²) in [5.74, 6) is 0.00286. The van der Waals surface area contributed by atoms with E-state index in [1.54, 1.807) is 12.1 Å². The lowest BCUT2D eigenvalue weighted by molar-refractivity contribution is -0.117. The maximum atomic E-state index is 11.9. The van der Waals surface area contributed by atoms with Crippen LogP contribution in [0.5, 0.6) is 0 Å². The summed E-state index contributed by atoms with van der Waals surface area (Å²) in [5.41, 5.74) is 1.58. The van der Waals surface area contributed by atoms with Gasteiger partial charge in [-0.05, 0) is 12.1 Å². The van der Waals surface area contributed by atoms with Gasteiger partial charge in [0.05, 0.1) is 21.4 Å². The lowest BCUT2D eigenvalue weighted by Crippen LogP contribution is -2.59. The number of amides is 1. The van der Waals surface area contributed by atoms with Crippen LogP contribution in [-0.2, 0) is 4.79 Å². The molecular weight excluding hydrogens is 297 g/mol. The number of anilines is 2. The molecule has 0 aliphatic carbocycles. The van der Waals surface area contributed by atoms with Crippen molar-refractivity contribution in [2.75, 3.05) is 29.9 Å². The standard InChI is InChI=1S/C11H11Cl2N3O.ClH/c12-6-1-2-7-10(9(6)13)16-4-3-14-5-8(16)11(17)15-7;/h1-2,8,14H,3-5H2,(H,15,17);1H. The number of nitrogens with one attached hydrogen (secondary N) is 2. The van der Waals surface area contributed by atoms with Crippen LogP contribution in [0, 0.1) is 0 Å². The van der Waals surface area contributed by atoms with Crippen molar-refractivity contribution in [3.63, 3.8) is 0 Å². The number of carbonyl (C=O) groups excluding carboxylic acids is 1. The second kappa shape index (κ2) is 5.13. The number of halogens is 3. The zero-order chi connectivity index (χ0) is 12.0. The van der Waals surface area contributed by atoms with Gasteiger partial charge >= 0.3 is 0 Å². The molecule has 1 amide bonds. The lowest BCUT2D eigenvalue weighted by atomic mass is 10.1. The van der Waals surface area contributed by atoms with Gasteiger partial charge in [0, 0.05) is 19.6 Å². The monoisotopic (exact) mass is 307 g/mol. The van der Waals surface area contributed by atoms with E-state index in [0.29, 0.717) is 16.6 Å². The van der Waals surface area contributed by atoms with Gasteiger partial charge in [-0.25, -0.2) is 0 Å². The van der Waals surface area contributed by atoms with Crippen LogP contribution >= 0.6 is 35.6 Å². The molecule has 18 heavy (non-hydrogen) atoms. The average molecular weight is 309 g/mol. The van der Waals surface area contributed by atoms with Crippen LogP contribution in [0.15, 0.2) is 12.1 Å². The molecule has 2 aliphatic rings. The molecule has 0 spiro atoms. The molecular formula is C11H12Cl3N3O. The third-order valence-electron chi connectivity index (χ3n) is 3.16. The summed E-state index contributed by atoms with van der Waals surface area (Å²) in [4.78, 5) is 13.9. The van der Waals surface area contributed by atoms with Crippen LogP contribution in [-0.4, -0.2) is 31.6 Å². The van der Waals surface area contributed by atoms with E-state index in [4.69, 9.17) is 23.2 Å². The summed E-state index contributed by atoms with van der Waals surface area (Å²) in [6.45, 7) is 2.23. The molecule has 2 aliphatic heterocycles. The molecule has 0 aromatic heterocycles. The molecule has 3 rings (SSSR count). The Balaban J connectivity index is 0.00000120. The van der Waals surface area contributed by atoms with Crippen molar-refractivity contribution in [2.45, 2.75) is 6.04 Å². The lowest BCUT2D eigenvalue weighted by Gasteiger charge is -2.41. The first kappa shape index (κ1) is 13.7. The highest BCUT2D eigenvalue weighted by Gasteiger charge is 2.36. The molecule has 1 aromatic rings. The van der Waals surface area contributed by atoms with E-state index < -0.39 is 0 Å². The fourth-order valence-electron chi connectivity index (χ4n) is 2.34. The van der Waals surface area contributed by atoms with Crippen molar-refractivity contribution in [1.29, 1.82) is 0 Å². The maximum Gasteiger partial charge on any atom is 0.248 e. The zero-order valence-electron chi connectivity index (χ0n) is 9.37. The van der Waals surface area contributed by atoms with Gasteiger partial charge in [0.2, 0.25) is 5.91 Å². The summed E-state index contributed by atoms with van der Waals surface area (Å²) >= 11 is 12.3. The minimum atomic E-state index is -0.202. The highest BCUT2D eigenvalue weighted by atomic mass is 35.5. The second-order valence-corrected chi connectivity index (χ2v) is 4.95. The van der Waals surface area contributed by atoms with Crippen LogP contribution in [0.2, 0.25) is 10.0 Å². The molecule has 0 bridgehead atoms. The van der Waals surface area contributed by atoms with Gasteiger partial charge in [-0.2, -0.15) is 0 Å². The number of hydrogen-bond donors (Lipinski definition) is 2. The quantitative estimate of drug-likeness (QED) is 0.772. The first-order valence-corrected chi connectivity index (χ1v) is 6.20. The Morgan fingerprint density at radius 3 is 2.89 bits per heavy atom. The van der Waals surface area contributed by atoms with E-state index in [1.807, 2.05) is 4.90 Å². The minimum Gasteiger partial charge on any atom is -0.354 e. The van der Waals surface area contributed by atoms with Crippen molar-refractivity contribution in [3.05, 3.63) is 22.2 Å². The number of nitrogens with zero attached hydrogens (tertiary/aromatic N) is 1. The Morgan fingerprint density at radius 1 is 1.33 bits per heavy atom. The van der Waals surface area contributed by atoms with Crippen LogP contribution in [0.4, 0.5) is 11.4 Å². The van der Waals surface area contributed by atoms with E-state index in [9.17, 15) is 4.79 Å². The number of benzene rings is 1. The largest absolute Gasteiger partial charge is 0.354 e. The van der Waals surface area contributed by atoms with Gasteiger partial charge in [-0.1, -0.05) is 23.2 Å². The fourth-order valence-corrected chi connectivity index (χ4v) is 2.77. The summed E-state index contributed by atoms with van der Waals surface area (Å²) in [5, 5.41) is 7.09. The van der Waals surface area contributed by atoms with Gasteiger partial charge in [-0.15, -0.1) is 12.4 Å². The second-order valence-electron chi connectivity index (χ2n) is 4.16. The molecule has 1 aromatic carbocycles. The van der Waals surface area contributed by atoms with E-state index in [0.717, 1.165) is 24.5 Å². The smallest absolute Gasteiger partial charge is 0.248 e. The Labute approximate surface area is 121 Å². The molecule has 0 saturated carbocycles. The number of hydrogen-bond acceptors (Lipinski definition) is 3. The normalized spacial score (nSPS) is 21.6. The van der Waals surface area contributed by atoms with Crippen molar-refractivity contribution in [2.24, 2.45) is 0 Å². The predicted octanol–water partition coefficient (Wildman–Crippen LogP) is 2.15. The highest BCUT2D eigenvalue weighted by Crippen LogP contribution is 2.42. The van der Waals surface area contributed by atoms with Crippen molar-refractivity contribution >= 4 is 52.9 Å². The number of fused-ring (bicyclic) bond motifs is 3. The van der Waals surface area contributed by atoms with Crippen LogP contribution in [0.3, 0.4) is 0 Å². The molecule has 7 heteroatoms. The number of carbonyl (C=O) groups is 1. The van der Waals surface area contributed by atoms with Gasteiger partial charge in [0.1, 0.15) is 6.04 Å². The molecule has 2 heterocycles. The summed E-state index contributed by atoms with van der Waals surface area (Å²) in [6.07, 6.45) is 0. The van der Waals surface area contributed by atoms with E-state index in [1.165, 1.54) is 0 Å². The Bertz CT molecular complexity index is 495. The Morgan fingerprint density at radius 2 is 2.11 bits per heavy atom. The predicted molar refractivity (Wildman–Crippen MR) is 76.3 cm³/mol. The van der Waals surface area contributed by atoms with Crippen molar-refractivity contribution in [1.82, 2.24) is 5.32 Å². The van der Waals surface area contributed by atoms with Gasteiger partial charge in [-0.3, -0.25) is 4.79 Å². The highest BCUT2D eigenvalue weighted by molar-refractivity contribution is 6.44. The third kappa shape index (κ3) is 2.03. The van der Waals surface area contributed by atoms with E-state index in [2.05, 4.69) is 10.6 Å². The first-order chi connectivity index (χ1) is 8.18. The molecule has 2 N–H and O–H groups in total.